The summed E-state index contributed by atoms with van der Waals surface area (Å²) in [4.78, 5) is 13.1. The topological polar surface area (TPSA) is 44.1 Å². The number of rotatable bonds is 5. The molecule has 6 heteroatoms. The second-order valence-electron chi connectivity index (χ2n) is 4.18. The van der Waals surface area contributed by atoms with Gasteiger partial charge in [0.1, 0.15) is 0 Å². The van der Waals surface area contributed by atoms with Crippen molar-refractivity contribution in [1.29, 1.82) is 0 Å². The highest BCUT2D eigenvalue weighted by Crippen LogP contribution is 2.31. The van der Waals surface area contributed by atoms with Crippen molar-refractivity contribution in [3.63, 3.8) is 0 Å². The van der Waals surface area contributed by atoms with Crippen LogP contribution in [0.3, 0.4) is 0 Å². The van der Waals surface area contributed by atoms with E-state index in [0.717, 1.165) is 12.0 Å². The third-order valence-corrected chi connectivity index (χ3v) is 4.48. The SMILES string of the molecule is CCCn1ncc(OC)c1C(=O)c1scc(C)c1Cl. The number of ether oxygens (including phenoxy) is 1. The normalized spacial score (nSPS) is 10.7. The molecule has 102 valence electrons. The standard InChI is InChI=1S/C13H15ClN2O2S/c1-4-5-16-11(9(18-3)6-15-16)12(17)13-10(14)8(2)7-19-13/h6-7H,4-5H2,1-3H3. The van der Waals surface area contributed by atoms with Gasteiger partial charge in [-0.1, -0.05) is 18.5 Å². The molecule has 0 bridgehead atoms. The van der Waals surface area contributed by atoms with Gasteiger partial charge in [0.05, 0.1) is 23.2 Å². The number of aromatic nitrogens is 2. The van der Waals surface area contributed by atoms with E-state index in [1.165, 1.54) is 18.4 Å². The van der Waals surface area contributed by atoms with Crippen LogP contribution < -0.4 is 4.74 Å². The van der Waals surface area contributed by atoms with Gasteiger partial charge in [0.25, 0.3) is 0 Å². The van der Waals surface area contributed by atoms with Crippen molar-refractivity contribution in [2.24, 2.45) is 0 Å². The lowest BCUT2D eigenvalue weighted by molar-refractivity contribution is 0.102. The average molecular weight is 299 g/mol. The summed E-state index contributed by atoms with van der Waals surface area (Å²) in [5, 5.41) is 6.58. The molecule has 2 aromatic heterocycles. The molecule has 19 heavy (non-hydrogen) atoms. The van der Waals surface area contributed by atoms with Crippen LogP contribution in [0.15, 0.2) is 11.6 Å². The quantitative estimate of drug-likeness (QED) is 0.793. The zero-order valence-electron chi connectivity index (χ0n) is 11.1. The molecule has 0 N–H and O–H groups in total. The van der Waals surface area contributed by atoms with Crippen LogP contribution in [0, 0.1) is 6.92 Å². The summed E-state index contributed by atoms with van der Waals surface area (Å²) < 4.78 is 6.89. The van der Waals surface area contributed by atoms with Gasteiger partial charge in [-0.3, -0.25) is 9.48 Å². The van der Waals surface area contributed by atoms with Gasteiger partial charge in [-0.15, -0.1) is 11.3 Å². The number of ketones is 1. The number of nitrogens with zero attached hydrogens (tertiary/aromatic N) is 2. The first-order valence-corrected chi connectivity index (χ1v) is 7.24. The zero-order valence-corrected chi connectivity index (χ0v) is 12.6. The molecule has 2 rings (SSSR count). The lowest BCUT2D eigenvalue weighted by Gasteiger charge is -2.06. The second-order valence-corrected chi connectivity index (χ2v) is 5.43. The lowest BCUT2D eigenvalue weighted by Crippen LogP contribution is -2.12. The molecule has 0 saturated heterocycles. The minimum atomic E-state index is -0.133. The van der Waals surface area contributed by atoms with E-state index in [-0.39, 0.29) is 5.78 Å². The van der Waals surface area contributed by atoms with Crippen molar-refractivity contribution in [2.75, 3.05) is 7.11 Å². The Labute approximate surface area is 121 Å². The largest absolute Gasteiger partial charge is 0.493 e. The van der Waals surface area contributed by atoms with E-state index in [1.54, 1.807) is 10.9 Å². The van der Waals surface area contributed by atoms with Crippen LogP contribution in [0.4, 0.5) is 0 Å². The highest BCUT2D eigenvalue weighted by atomic mass is 35.5. The molecule has 0 radical (unpaired) electrons. The van der Waals surface area contributed by atoms with Crippen molar-refractivity contribution in [3.8, 4) is 5.75 Å². The van der Waals surface area contributed by atoms with Gasteiger partial charge in [0.15, 0.2) is 11.4 Å². The summed E-state index contributed by atoms with van der Waals surface area (Å²) in [6, 6.07) is 0. The van der Waals surface area contributed by atoms with Crippen LogP contribution in [0.1, 0.15) is 34.3 Å². The van der Waals surface area contributed by atoms with E-state index in [4.69, 9.17) is 16.3 Å². The highest BCUT2D eigenvalue weighted by Gasteiger charge is 2.24. The van der Waals surface area contributed by atoms with E-state index in [9.17, 15) is 4.79 Å². The van der Waals surface area contributed by atoms with E-state index in [2.05, 4.69) is 5.10 Å². The fraction of sp³-hybridized carbons (Fsp3) is 0.385. The second kappa shape index (κ2) is 5.75. The first kappa shape index (κ1) is 14.1. The van der Waals surface area contributed by atoms with Crippen molar-refractivity contribution in [1.82, 2.24) is 9.78 Å². The minimum absolute atomic E-state index is 0.133. The van der Waals surface area contributed by atoms with Crippen LogP contribution in [0.25, 0.3) is 0 Å². The first-order chi connectivity index (χ1) is 9.10. The number of carbonyl (C=O) groups is 1. The zero-order chi connectivity index (χ0) is 14.0. The molecule has 0 amide bonds. The summed E-state index contributed by atoms with van der Waals surface area (Å²) in [7, 11) is 1.53. The minimum Gasteiger partial charge on any atom is -0.493 e. The Morgan fingerprint density at radius 1 is 1.58 bits per heavy atom. The maximum absolute atomic E-state index is 12.6. The van der Waals surface area contributed by atoms with Gasteiger partial charge in [0.2, 0.25) is 5.78 Å². The van der Waals surface area contributed by atoms with Crippen LogP contribution in [-0.2, 0) is 6.54 Å². The molecule has 0 fully saturated rings. The van der Waals surface area contributed by atoms with Gasteiger partial charge in [0, 0.05) is 6.54 Å². The molecular weight excluding hydrogens is 284 g/mol. The predicted octanol–water partition coefficient (Wildman–Crippen LogP) is 3.56. The Bertz CT molecular complexity index is 604. The molecule has 0 spiro atoms. The summed E-state index contributed by atoms with van der Waals surface area (Å²) >= 11 is 7.51. The molecule has 0 aliphatic rings. The van der Waals surface area contributed by atoms with E-state index in [0.29, 0.717) is 27.9 Å². The van der Waals surface area contributed by atoms with Gasteiger partial charge in [-0.25, -0.2) is 0 Å². The van der Waals surface area contributed by atoms with Crippen molar-refractivity contribution in [2.45, 2.75) is 26.8 Å². The number of methoxy groups -OCH3 is 1. The highest BCUT2D eigenvalue weighted by molar-refractivity contribution is 7.13. The van der Waals surface area contributed by atoms with Crippen molar-refractivity contribution in [3.05, 3.63) is 32.7 Å². The van der Waals surface area contributed by atoms with Gasteiger partial charge in [-0.05, 0) is 24.3 Å². The molecule has 0 aliphatic carbocycles. The number of halogens is 1. The smallest absolute Gasteiger partial charge is 0.226 e. The average Bonchev–Trinajstić information content (AvgIpc) is 2.95. The molecule has 0 aromatic carbocycles. The summed E-state index contributed by atoms with van der Waals surface area (Å²) in [5.74, 6) is 0.353. The fourth-order valence-electron chi connectivity index (χ4n) is 1.82. The molecule has 2 aromatic rings. The molecular formula is C13H15ClN2O2S. The third kappa shape index (κ3) is 2.53. The third-order valence-electron chi connectivity index (χ3n) is 2.78. The van der Waals surface area contributed by atoms with E-state index in [1.807, 2.05) is 19.2 Å². The Kier molecular flexibility index (Phi) is 4.27. The summed E-state index contributed by atoms with van der Waals surface area (Å²) in [6.45, 7) is 4.59. The summed E-state index contributed by atoms with van der Waals surface area (Å²) in [6.07, 6.45) is 2.46. The number of hydrogen-bond donors (Lipinski definition) is 0. The molecule has 0 saturated carbocycles. The Hall–Kier alpha value is -1.33. The van der Waals surface area contributed by atoms with Crippen molar-refractivity contribution >= 4 is 28.7 Å². The van der Waals surface area contributed by atoms with Gasteiger partial charge < -0.3 is 4.74 Å². The molecule has 0 atom stereocenters. The van der Waals surface area contributed by atoms with Crippen LogP contribution in [0.5, 0.6) is 5.75 Å². The molecule has 0 aliphatic heterocycles. The van der Waals surface area contributed by atoms with Crippen molar-refractivity contribution < 1.29 is 9.53 Å². The van der Waals surface area contributed by atoms with Crippen LogP contribution in [0.2, 0.25) is 5.02 Å². The Balaban J connectivity index is 2.48. The van der Waals surface area contributed by atoms with Crippen LogP contribution in [-0.4, -0.2) is 22.7 Å². The maximum atomic E-state index is 12.6. The number of thiophene rings is 1. The van der Waals surface area contributed by atoms with Gasteiger partial charge in [-0.2, -0.15) is 5.10 Å². The Morgan fingerprint density at radius 2 is 2.32 bits per heavy atom. The van der Waals surface area contributed by atoms with E-state index < -0.39 is 0 Å². The number of hydrogen-bond acceptors (Lipinski definition) is 4. The van der Waals surface area contributed by atoms with E-state index >= 15 is 0 Å². The predicted molar refractivity (Wildman–Crippen MR) is 76.6 cm³/mol. The molecule has 4 nitrogen and oxygen atoms in total. The molecule has 0 unspecified atom stereocenters. The number of carbonyl (C=O) groups excluding carboxylic acids is 1. The van der Waals surface area contributed by atoms with Gasteiger partial charge >= 0.3 is 0 Å². The Morgan fingerprint density at radius 3 is 2.84 bits per heavy atom. The number of aryl methyl sites for hydroxylation is 2. The monoisotopic (exact) mass is 298 g/mol. The first-order valence-electron chi connectivity index (χ1n) is 5.98. The fourth-order valence-corrected chi connectivity index (χ4v) is 3.04. The molecule has 2 heterocycles. The summed E-state index contributed by atoms with van der Waals surface area (Å²) in [5.41, 5.74) is 1.38. The maximum Gasteiger partial charge on any atom is 0.226 e. The lowest BCUT2D eigenvalue weighted by atomic mass is 10.2. The van der Waals surface area contributed by atoms with Crippen LogP contribution >= 0.6 is 22.9 Å².